The van der Waals surface area contributed by atoms with Crippen molar-refractivity contribution in [3.8, 4) is 22.3 Å². The van der Waals surface area contributed by atoms with Crippen LogP contribution in [0.3, 0.4) is 0 Å². The maximum absolute atomic E-state index is 13.7. The van der Waals surface area contributed by atoms with Crippen molar-refractivity contribution in [1.29, 1.82) is 10.8 Å². The van der Waals surface area contributed by atoms with E-state index in [1.165, 1.54) is 12.8 Å². The highest BCUT2D eigenvalue weighted by atomic mass is 16.2. The number of amides is 3. The Labute approximate surface area is 477 Å². The summed E-state index contributed by atoms with van der Waals surface area (Å²) in [5.41, 5.74) is 17.9. The second-order valence-corrected chi connectivity index (χ2v) is 21.1. The maximum atomic E-state index is 13.7. The van der Waals surface area contributed by atoms with Crippen molar-refractivity contribution >= 4 is 65.4 Å². The topological polar surface area (TPSA) is 289 Å². The van der Waals surface area contributed by atoms with Crippen LogP contribution in [0.1, 0.15) is 144 Å². The number of carbonyl (C=O) groups excluding carboxylic acids is 9. The van der Waals surface area contributed by atoms with E-state index in [2.05, 4.69) is 39.1 Å². The summed E-state index contributed by atoms with van der Waals surface area (Å²) in [6.45, 7) is 22.2. The molecule has 0 atom stereocenters. The van der Waals surface area contributed by atoms with Crippen molar-refractivity contribution < 1.29 is 43.2 Å². The Morgan fingerprint density at radius 3 is 1.27 bits per heavy atom. The fraction of sp³-hybridized carbons (Fsp3) is 0.277. The third-order valence-corrected chi connectivity index (χ3v) is 13.7. The number of pyridine rings is 2. The van der Waals surface area contributed by atoms with Gasteiger partial charge in [-0.25, -0.2) is 9.97 Å². The fourth-order valence-corrected chi connectivity index (χ4v) is 8.57. The lowest BCUT2D eigenvalue weighted by molar-refractivity contribution is -0.193. The van der Waals surface area contributed by atoms with Crippen molar-refractivity contribution in [3.63, 3.8) is 0 Å². The SMILES string of the molecule is C=Cc1cc(C(=O)Cc2ccc(C(=N)N)cc2)c(-c2ccc(C(=O)NCC3CC3)nc2C)cc1C.C=Cc1cc(C(=O)Cc2ccc(C(=N)NC(=O)C(C)(C)C)cc2)c(-c2ccc(C(=O)NCC3CC3)nc2C)cc1C.O=C=O.O=C=O. The molecule has 0 saturated heterocycles. The van der Waals surface area contributed by atoms with Crippen LogP contribution in [0.25, 0.3) is 34.4 Å². The zero-order chi connectivity index (χ0) is 60.4. The Morgan fingerprint density at radius 1 is 0.585 bits per heavy atom. The number of ketones is 2. The number of carbonyl (C=O) groups is 5. The zero-order valence-corrected chi connectivity index (χ0v) is 47.3. The van der Waals surface area contributed by atoms with Gasteiger partial charge in [0, 0.05) is 76.1 Å². The summed E-state index contributed by atoms with van der Waals surface area (Å²) >= 11 is 0. The van der Waals surface area contributed by atoms with Crippen LogP contribution in [0, 0.1) is 55.8 Å². The molecule has 0 unspecified atom stereocenters. The van der Waals surface area contributed by atoms with Gasteiger partial charge in [0.15, 0.2) is 11.6 Å². The number of benzene rings is 4. The summed E-state index contributed by atoms with van der Waals surface area (Å²) in [5, 5.41) is 24.3. The smallest absolute Gasteiger partial charge is 0.373 e. The largest absolute Gasteiger partial charge is 0.384 e. The predicted molar refractivity (Wildman–Crippen MR) is 313 cm³/mol. The molecule has 0 radical (unpaired) electrons. The molecular formula is C65H68N8O9. The molecule has 2 saturated carbocycles. The molecular weight excluding hydrogens is 1040 g/mol. The van der Waals surface area contributed by atoms with Crippen molar-refractivity contribution in [2.24, 2.45) is 23.0 Å². The van der Waals surface area contributed by atoms with E-state index in [4.69, 9.17) is 35.7 Å². The Hall–Kier alpha value is -9.69. The Balaban J connectivity index is 0.000000277. The number of nitrogens with zero attached hydrogens (tertiary/aromatic N) is 2. The van der Waals surface area contributed by atoms with Gasteiger partial charge in [0.05, 0.1) is 0 Å². The fourth-order valence-electron chi connectivity index (χ4n) is 8.57. The zero-order valence-electron chi connectivity index (χ0n) is 47.3. The average molecular weight is 1110 g/mol. The van der Waals surface area contributed by atoms with Crippen molar-refractivity contribution in [2.75, 3.05) is 13.1 Å². The molecule has 17 heteroatoms. The van der Waals surface area contributed by atoms with Crippen LogP contribution < -0.4 is 21.7 Å². The molecule has 4 aromatic carbocycles. The van der Waals surface area contributed by atoms with Crippen LogP contribution in [0.15, 0.2) is 110 Å². The summed E-state index contributed by atoms with van der Waals surface area (Å²) in [6, 6.07) is 29.1. The quantitative estimate of drug-likeness (QED) is 0.0266. The Bertz CT molecular complexity index is 3490. The lowest BCUT2D eigenvalue weighted by Crippen LogP contribution is -2.38. The third-order valence-electron chi connectivity index (χ3n) is 13.7. The molecule has 2 fully saturated rings. The molecule has 82 heavy (non-hydrogen) atoms. The first kappa shape index (κ1) is 63.1. The number of Topliss-reactive ketones (excluding diaryl/α,β-unsaturated/α-hetero) is 2. The number of rotatable bonds is 18. The molecule has 7 N–H and O–H groups in total. The number of nitrogens with two attached hydrogens (primary N) is 1. The molecule has 0 spiro atoms. The molecule has 0 aliphatic heterocycles. The van der Waals surface area contributed by atoms with E-state index in [-0.39, 0.29) is 66.1 Å². The number of nitrogen functional groups attached to an aromatic ring is 1. The lowest BCUT2D eigenvalue weighted by Gasteiger charge is -2.18. The average Bonchev–Trinajstić information content (AvgIpc) is 4.51. The standard InChI is InChI=1S/C34H38N4O3.C29H30N4O2.2CO2/c1-7-24-18-28(30(39)17-22-10-12-25(13-11-22)31(35)38-33(41)34(4,5)6)27(16-20(24)2)26-14-15-29(37-21(26)3)32(40)36-19-23-8-9-23;1-4-21-15-25(27(34)14-19-7-9-22(10-8-19)28(30)31)24(13-17(21)2)23-11-12-26(33-18(23)3)29(35)32-16-20-5-6-20;2*2-1-3/h7,10-16,18,23H,1,8-9,17,19H2,2-6H3,(H,36,40)(H2,35,38,41);4,7-13,15,20H,1,5-6,14,16H2,2-3H3,(H3,30,31)(H,32,35);;. The van der Waals surface area contributed by atoms with Gasteiger partial charge < -0.3 is 21.7 Å². The van der Waals surface area contributed by atoms with E-state index in [0.29, 0.717) is 70.0 Å². The number of nitrogens with one attached hydrogen (secondary N) is 5. The van der Waals surface area contributed by atoms with E-state index in [1.54, 1.807) is 81.5 Å². The number of hydrogen-bond donors (Lipinski definition) is 6. The number of amidine groups is 2. The first-order valence-corrected chi connectivity index (χ1v) is 26.5. The third kappa shape index (κ3) is 17.7. The summed E-state index contributed by atoms with van der Waals surface area (Å²) < 4.78 is 0. The summed E-state index contributed by atoms with van der Waals surface area (Å²) in [6.07, 6.45) is 9.00. The Morgan fingerprint density at radius 2 is 0.951 bits per heavy atom. The van der Waals surface area contributed by atoms with Gasteiger partial charge in [-0.05, 0) is 134 Å². The lowest BCUT2D eigenvalue weighted by atomic mass is 9.89. The molecule has 17 nitrogen and oxygen atoms in total. The molecule has 6 aromatic rings. The van der Waals surface area contributed by atoms with Crippen LogP contribution >= 0.6 is 0 Å². The van der Waals surface area contributed by atoms with E-state index in [0.717, 1.165) is 68.5 Å². The van der Waals surface area contributed by atoms with Crippen LogP contribution in [0.4, 0.5) is 0 Å². The number of aryl methyl sites for hydroxylation is 4. The van der Waals surface area contributed by atoms with Gasteiger partial charge in [0.25, 0.3) is 11.8 Å². The van der Waals surface area contributed by atoms with E-state index in [1.807, 2.05) is 76.2 Å². The minimum atomic E-state index is -0.606. The summed E-state index contributed by atoms with van der Waals surface area (Å²) in [4.78, 5) is 106. The second kappa shape index (κ2) is 29.0. The first-order valence-electron chi connectivity index (χ1n) is 26.5. The van der Waals surface area contributed by atoms with Crippen LogP contribution in [-0.4, -0.2) is 76.3 Å². The van der Waals surface area contributed by atoms with Crippen molar-refractivity contribution in [1.82, 2.24) is 25.9 Å². The van der Waals surface area contributed by atoms with Gasteiger partial charge in [-0.15, -0.1) is 0 Å². The van der Waals surface area contributed by atoms with Gasteiger partial charge in [0.1, 0.15) is 23.1 Å². The van der Waals surface area contributed by atoms with Crippen molar-refractivity contribution in [3.05, 3.63) is 189 Å². The van der Waals surface area contributed by atoms with E-state index in [9.17, 15) is 24.0 Å². The molecule has 2 aromatic heterocycles. The highest BCUT2D eigenvalue weighted by molar-refractivity contribution is 6.08. The normalized spacial score (nSPS) is 12.1. The minimum absolute atomic E-state index is 0.00744. The molecule has 422 valence electrons. The van der Waals surface area contributed by atoms with E-state index >= 15 is 0 Å². The van der Waals surface area contributed by atoms with Crippen LogP contribution in [0.5, 0.6) is 0 Å². The van der Waals surface area contributed by atoms with Crippen LogP contribution in [-0.2, 0) is 36.8 Å². The maximum Gasteiger partial charge on any atom is 0.373 e. The van der Waals surface area contributed by atoms with Crippen LogP contribution in [0.2, 0.25) is 0 Å². The van der Waals surface area contributed by atoms with E-state index < -0.39 is 5.41 Å². The second-order valence-electron chi connectivity index (χ2n) is 21.1. The summed E-state index contributed by atoms with van der Waals surface area (Å²) in [5.74, 6) is 0.490. The minimum Gasteiger partial charge on any atom is -0.384 e. The number of hydrogen-bond acceptors (Lipinski definition) is 13. The molecule has 3 amide bonds. The first-order chi connectivity index (χ1) is 39.0. The molecule has 2 aliphatic carbocycles. The van der Waals surface area contributed by atoms with Gasteiger partial charge in [-0.3, -0.25) is 34.8 Å². The highest BCUT2D eigenvalue weighted by Gasteiger charge is 2.26. The molecule has 2 heterocycles. The predicted octanol–water partition coefficient (Wildman–Crippen LogP) is 9.75. The summed E-state index contributed by atoms with van der Waals surface area (Å²) in [7, 11) is 0. The Kier molecular flexibility index (Phi) is 22.3. The number of aromatic nitrogens is 2. The van der Waals surface area contributed by atoms with Gasteiger partial charge in [-0.2, -0.15) is 19.2 Å². The monoisotopic (exact) mass is 1100 g/mol. The highest BCUT2D eigenvalue weighted by Crippen LogP contribution is 2.34. The molecule has 0 bridgehead atoms. The van der Waals surface area contributed by atoms with Gasteiger partial charge >= 0.3 is 12.3 Å². The molecule has 8 rings (SSSR count). The molecule has 2 aliphatic rings. The van der Waals surface area contributed by atoms with Gasteiger partial charge in [-0.1, -0.05) is 119 Å². The van der Waals surface area contributed by atoms with Crippen molar-refractivity contribution in [2.45, 2.75) is 87.0 Å². The van der Waals surface area contributed by atoms with Gasteiger partial charge in [0.2, 0.25) is 5.91 Å².